The van der Waals surface area contributed by atoms with Gasteiger partial charge in [-0.1, -0.05) is 0 Å². The Labute approximate surface area is 139 Å². The van der Waals surface area contributed by atoms with Crippen molar-refractivity contribution in [1.82, 2.24) is 4.98 Å². The van der Waals surface area contributed by atoms with Gasteiger partial charge in [0.05, 0.1) is 10.6 Å². The van der Waals surface area contributed by atoms with E-state index in [2.05, 4.69) is 10.3 Å². The minimum atomic E-state index is -0.925. The van der Waals surface area contributed by atoms with Crippen molar-refractivity contribution in [3.05, 3.63) is 56.6 Å². The predicted octanol–water partition coefficient (Wildman–Crippen LogP) is 5.02. The molecule has 2 heterocycles. The van der Waals surface area contributed by atoms with Gasteiger partial charge in [0.1, 0.15) is 0 Å². The van der Waals surface area contributed by atoms with Crippen molar-refractivity contribution in [1.29, 1.82) is 0 Å². The van der Waals surface area contributed by atoms with Crippen molar-refractivity contribution >= 4 is 33.7 Å². The quantitative estimate of drug-likeness (QED) is 0.721. The summed E-state index contributed by atoms with van der Waals surface area (Å²) in [5.41, 5.74) is 2.02. The van der Waals surface area contributed by atoms with Crippen LogP contribution in [0.3, 0.4) is 0 Å². The number of aromatic nitrogens is 1. The van der Waals surface area contributed by atoms with Crippen LogP contribution < -0.4 is 5.32 Å². The fourth-order valence-electron chi connectivity index (χ4n) is 1.96. The van der Waals surface area contributed by atoms with Crippen molar-refractivity contribution in [2.45, 2.75) is 13.8 Å². The monoisotopic (exact) mass is 350 g/mol. The normalized spacial score (nSPS) is 10.8. The number of aryl methyl sites for hydroxylation is 2. The summed E-state index contributed by atoms with van der Waals surface area (Å²) >= 11 is 2.66. The van der Waals surface area contributed by atoms with Crippen LogP contribution in [0.1, 0.15) is 20.1 Å². The molecule has 0 aliphatic carbocycles. The standard InChI is InChI=1S/C16H12F2N2OS2/c1-8-5-14(23-9(8)2)15(21)20-16-19-13(7-22-16)10-3-4-11(17)12(18)6-10/h3-7H,1-2H3,(H,19,20,21). The molecule has 23 heavy (non-hydrogen) atoms. The van der Waals surface area contributed by atoms with Crippen molar-refractivity contribution < 1.29 is 13.6 Å². The zero-order chi connectivity index (χ0) is 16.6. The van der Waals surface area contributed by atoms with E-state index < -0.39 is 11.6 Å². The molecule has 0 aliphatic heterocycles. The first-order chi connectivity index (χ1) is 10.9. The summed E-state index contributed by atoms with van der Waals surface area (Å²) in [5.74, 6) is -2.05. The van der Waals surface area contributed by atoms with E-state index in [1.54, 1.807) is 5.38 Å². The molecule has 0 atom stereocenters. The van der Waals surface area contributed by atoms with E-state index >= 15 is 0 Å². The lowest BCUT2D eigenvalue weighted by Crippen LogP contribution is -2.09. The molecule has 3 nitrogen and oxygen atoms in total. The minimum absolute atomic E-state index is 0.225. The number of carbonyl (C=O) groups is 1. The molecule has 0 saturated carbocycles. The van der Waals surface area contributed by atoms with Gasteiger partial charge in [0.25, 0.3) is 5.91 Å². The Hall–Kier alpha value is -2.12. The highest BCUT2D eigenvalue weighted by molar-refractivity contribution is 7.15. The summed E-state index contributed by atoms with van der Waals surface area (Å²) in [7, 11) is 0. The molecule has 0 aliphatic rings. The lowest BCUT2D eigenvalue weighted by molar-refractivity contribution is 0.103. The molecule has 3 rings (SSSR count). The molecule has 1 N–H and O–H groups in total. The van der Waals surface area contributed by atoms with Crippen LogP contribution >= 0.6 is 22.7 Å². The second-order valence-electron chi connectivity index (χ2n) is 4.97. The molecule has 3 aromatic rings. The maximum Gasteiger partial charge on any atom is 0.267 e. The number of thiophene rings is 1. The van der Waals surface area contributed by atoms with Crippen LogP contribution in [0, 0.1) is 25.5 Å². The third-order valence-electron chi connectivity index (χ3n) is 3.33. The van der Waals surface area contributed by atoms with Gasteiger partial charge >= 0.3 is 0 Å². The first kappa shape index (κ1) is 15.8. The maximum atomic E-state index is 13.3. The van der Waals surface area contributed by atoms with Crippen LogP contribution in [0.25, 0.3) is 11.3 Å². The highest BCUT2D eigenvalue weighted by Gasteiger charge is 2.14. The summed E-state index contributed by atoms with van der Waals surface area (Å²) in [6, 6.07) is 5.42. The average Bonchev–Trinajstić information content (AvgIpc) is 3.10. The fraction of sp³-hybridized carbons (Fsp3) is 0.125. The SMILES string of the molecule is Cc1cc(C(=O)Nc2nc(-c3ccc(F)c(F)c3)cs2)sc1C. The van der Waals surface area contributed by atoms with Gasteiger partial charge in [-0.2, -0.15) is 0 Å². The highest BCUT2D eigenvalue weighted by atomic mass is 32.1. The summed E-state index contributed by atoms with van der Waals surface area (Å²) in [4.78, 5) is 18.1. The Morgan fingerprint density at radius 2 is 1.96 bits per heavy atom. The molecule has 1 aromatic carbocycles. The lowest BCUT2D eigenvalue weighted by Gasteiger charge is -1.99. The van der Waals surface area contributed by atoms with Crippen LogP contribution in [0.4, 0.5) is 13.9 Å². The van der Waals surface area contributed by atoms with Crippen molar-refractivity contribution in [3.63, 3.8) is 0 Å². The first-order valence-electron chi connectivity index (χ1n) is 6.73. The largest absolute Gasteiger partial charge is 0.297 e. The van der Waals surface area contributed by atoms with Gasteiger partial charge in [0.15, 0.2) is 16.8 Å². The number of carbonyl (C=O) groups excluding carboxylic acids is 1. The molecule has 0 fully saturated rings. The number of benzene rings is 1. The molecule has 1 amide bonds. The van der Waals surface area contributed by atoms with E-state index in [0.29, 0.717) is 21.3 Å². The third-order valence-corrected chi connectivity index (χ3v) is 5.24. The van der Waals surface area contributed by atoms with Gasteiger partial charge in [0.2, 0.25) is 0 Å². The highest BCUT2D eigenvalue weighted by Crippen LogP contribution is 2.27. The molecule has 118 valence electrons. The van der Waals surface area contributed by atoms with E-state index in [4.69, 9.17) is 0 Å². The second-order valence-corrected chi connectivity index (χ2v) is 7.09. The zero-order valence-corrected chi connectivity index (χ0v) is 13.9. The molecular weight excluding hydrogens is 338 g/mol. The van der Waals surface area contributed by atoms with Gasteiger partial charge in [-0.15, -0.1) is 22.7 Å². The van der Waals surface area contributed by atoms with Crippen LogP contribution in [-0.4, -0.2) is 10.9 Å². The van der Waals surface area contributed by atoms with Crippen LogP contribution in [0.2, 0.25) is 0 Å². The fourth-order valence-corrected chi connectivity index (χ4v) is 3.61. The van der Waals surface area contributed by atoms with Gasteiger partial charge in [-0.3, -0.25) is 10.1 Å². The number of hydrogen-bond donors (Lipinski definition) is 1. The smallest absolute Gasteiger partial charge is 0.267 e. The predicted molar refractivity (Wildman–Crippen MR) is 89.2 cm³/mol. The number of hydrogen-bond acceptors (Lipinski definition) is 4. The van der Waals surface area contributed by atoms with E-state index in [-0.39, 0.29) is 5.91 Å². The van der Waals surface area contributed by atoms with Crippen molar-refractivity contribution in [2.24, 2.45) is 0 Å². The molecule has 0 saturated heterocycles. The first-order valence-corrected chi connectivity index (χ1v) is 8.43. The summed E-state index contributed by atoms with van der Waals surface area (Å²) in [5, 5.41) is 4.83. The number of rotatable bonds is 3. The molecule has 2 aromatic heterocycles. The number of nitrogens with one attached hydrogen (secondary N) is 1. The second kappa shape index (κ2) is 6.17. The van der Waals surface area contributed by atoms with Crippen molar-refractivity contribution in [3.8, 4) is 11.3 Å². The van der Waals surface area contributed by atoms with Crippen LogP contribution in [-0.2, 0) is 0 Å². The number of thiazole rings is 1. The third kappa shape index (κ3) is 3.30. The minimum Gasteiger partial charge on any atom is -0.297 e. The number of anilines is 1. The van der Waals surface area contributed by atoms with E-state index in [1.807, 2.05) is 19.9 Å². The average molecular weight is 350 g/mol. The Balaban J connectivity index is 1.79. The molecule has 0 radical (unpaired) electrons. The Bertz CT molecular complexity index is 867. The maximum absolute atomic E-state index is 13.3. The Kier molecular flexibility index (Phi) is 4.23. The number of amides is 1. The van der Waals surface area contributed by atoms with Crippen LogP contribution in [0.15, 0.2) is 29.6 Å². The molecule has 0 spiro atoms. The summed E-state index contributed by atoms with van der Waals surface area (Å²) < 4.78 is 26.2. The van der Waals surface area contributed by atoms with E-state index in [9.17, 15) is 13.6 Å². The summed E-state index contributed by atoms with van der Waals surface area (Å²) in [6.45, 7) is 3.91. The molecule has 7 heteroatoms. The van der Waals surface area contributed by atoms with Crippen LogP contribution in [0.5, 0.6) is 0 Å². The topological polar surface area (TPSA) is 42.0 Å². The molecule has 0 unspecified atom stereocenters. The summed E-state index contributed by atoms with van der Waals surface area (Å²) in [6.07, 6.45) is 0. The number of nitrogens with zero attached hydrogens (tertiary/aromatic N) is 1. The van der Waals surface area contributed by atoms with Gasteiger partial charge in [-0.05, 0) is 43.7 Å². The molecular formula is C16H12F2N2OS2. The number of halogens is 2. The Morgan fingerprint density at radius 1 is 1.17 bits per heavy atom. The van der Waals surface area contributed by atoms with E-state index in [1.165, 1.54) is 28.7 Å². The van der Waals surface area contributed by atoms with Gasteiger partial charge in [-0.25, -0.2) is 13.8 Å². The Morgan fingerprint density at radius 3 is 2.61 bits per heavy atom. The lowest BCUT2D eigenvalue weighted by atomic mass is 10.2. The van der Waals surface area contributed by atoms with Gasteiger partial charge in [0, 0.05) is 15.8 Å². The van der Waals surface area contributed by atoms with E-state index in [0.717, 1.165) is 22.6 Å². The molecule has 0 bridgehead atoms. The van der Waals surface area contributed by atoms with Crippen molar-refractivity contribution in [2.75, 3.05) is 5.32 Å². The zero-order valence-electron chi connectivity index (χ0n) is 12.3. The van der Waals surface area contributed by atoms with Gasteiger partial charge < -0.3 is 0 Å².